The molecule has 3 nitrogen and oxygen atoms in total. The van der Waals surface area contributed by atoms with Gasteiger partial charge in [-0.3, -0.25) is 0 Å². The average molecular weight is 308 g/mol. The van der Waals surface area contributed by atoms with Gasteiger partial charge in [-0.2, -0.15) is 0 Å². The maximum absolute atomic E-state index is 14.7. The molecule has 2 aromatic carbocycles. The van der Waals surface area contributed by atoms with E-state index in [1.54, 1.807) is 6.07 Å². The van der Waals surface area contributed by atoms with Crippen LogP contribution >= 0.6 is 0 Å². The molecule has 0 fully saturated rings. The van der Waals surface area contributed by atoms with Gasteiger partial charge in [-0.25, -0.2) is 4.39 Å². The molecule has 2 N–H and O–H groups in total. The van der Waals surface area contributed by atoms with E-state index in [2.05, 4.69) is 5.16 Å². The second-order valence-corrected chi connectivity index (χ2v) is 5.96. The van der Waals surface area contributed by atoms with Crippen LogP contribution in [0.4, 0.5) is 10.3 Å². The zero-order chi connectivity index (χ0) is 15.8. The number of hydrogen-bond acceptors (Lipinski definition) is 3. The molecule has 0 radical (unpaired) electrons. The van der Waals surface area contributed by atoms with Gasteiger partial charge in [0.25, 0.3) is 0 Å². The van der Waals surface area contributed by atoms with Crippen molar-refractivity contribution in [3.63, 3.8) is 0 Å². The Hall–Kier alpha value is -2.62. The van der Waals surface area contributed by atoms with E-state index in [1.807, 2.05) is 42.5 Å². The Kier molecular flexibility index (Phi) is 3.37. The van der Waals surface area contributed by atoms with Gasteiger partial charge in [0, 0.05) is 11.5 Å². The summed E-state index contributed by atoms with van der Waals surface area (Å²) in [6.45, 7) is 0. The molecular weight excluding hydrogens is 291 g/mol. The van der Waals surface area contributed by atoms with Crippen molar-refractivity contribution >= 4 is 5.88 Å². The topological polar surface area (TPSA) is 52.0 Å². The SMILES string of the molecule is Nc1onc2c1CCCC2c1ccc(-c2ccccc2)cc1F. The van der Waals surface area contributed by atoms with Crippen LogP contribution in [0.3, 0.4) is 0 Å². The van der Waals surface area contributed by atoms with Gasteiger partial charge in [-0.15, -0.1) is 0 Å². The first-order chi connectivity index (χ1) is 11.2. The summed E-state index contributed by atoms with van der Waals surface area (Å²) in [6.07, 6.45) is 2.68. The lowest BCUT2D eigenvalue weighted by Gasteiger charge is -2.21. The molecular formula is C19H17FN2O. The van der Waals surface area contributed by atoms with Crippen LogP contribution in [-0.2, 0) is 6.42 Å². The number of rotatable bonds is 2. The third kappa shape index (κ3) is 2.40. The monoisotopic (exact) mass is 308 g/mol. The van der Waals surface area contributed by atoms with Gasteiger partial charge in [-0.1, -0.05) is 47.6 Å². The van der Waals surface area contributed by atoms with Crippen molar-refractivity contribution in [3.05, 3.63) is 71.2 Å². The zero-order valence-corrected chi connectivity index (χ0v) is 12.6. The van der Waals surface area contributed by atoms with Crippen molar-refractivity contribution in [1.82, 2.24) is 5.16 Å². The Bertz CT molecular complexity index is 842. The van der Waals surface area contributed by atoms with Crippen molar-refractivity contribution in [1.29, 1.82) is 0 Å². The van der Waals surface area contributed by atoms with Gasteiger partial charge in [-0.05, 0) is 42.0 Å². The van der Waals surface area contributed by atoms with E-state index in [-0.39, 0.29) is 11.7 Å². The van der Waals surface area contributed by atoms with Gasteiger partial charge in [0.15, 0.2) is 0 Å². The van der Waals surface area contributed by atoms with Crippen molar-refractivity contribution in [2.45, 2.75) is 25.2 Å². The highest BCUT2D eigenvalue weighted by Gasteiger charge is 2.29. The van der Waals surface area contributed by atoms with E-state index in [1.165, 1.54) is 0 Å². The molecule has 0 saturated heterocycles. The van der Waals surface area contributed by atoms with Crippen LogP contribution in [-0.4, -0.2) is 5.16 Å². The Labute approximate surface area is 133 Å². The van der Waals surface area contributed by atoms with Crippen LogP contribution in [0, 0.1) is 5.82 Å². The van der Waals surface area contributed by atoms with Crippen LogP contribution in [0.2, 0.25) is 0 Å². The number of nitrogens with zero attached hydrogens (tertiary/aromatic N) is 1. The molecule has 1 atom stereocenters. The average Bonchev–Trinajstić information content (AvgIpc) is 2.97. The van der Waals surface area contributed by atoms with Gasteiger partial charge >= 0.3 is 0 Å². The largest absolute Gasteiger partial charge is 0.367 e. The van der Waals surface area contributed by atoms with Crippen LogP contribution < -0.4 is 5.73 Å². The van der Waals surface area contributed by atoms with Gasteiger partial charge < -0.3 is 10.3 Å². The molecule has 4 heteroatoms. The summed E-state index contributed by atoms with van der Waals surface area (Å²) < 4.78 is 19.8. The van der Waals surface area contributed by atoms with E-state index in [4.69, 9.17) is 10.3 Å². The minimum absolute atomic E-state index is 0.0791. The van der Waals surface area contributed by atoms with Crippen molar-refractivity contribution < 1.29 is 8.91 Å². The molecule has 23 heavy (non-hydrogen) atoms. The maximum atomic E-state index is 14.7. The second kappa shape index (κ2) is 5.54. The first-order valence-electron chi connectivity index (χ1n) is 7.83. The summed E-state index contributed by atoms with van der Waals surface area (Å²) in [6, 6.07) is 15.2. The number of halogens is 1. The molecule has 3 aromatic rings. The van der Waals surface area contributed by atoms with Crippen LogP contribution in [0.1, 0.15) is 35.6 Å². The molecule has 1 aliphatic rings. The molecule has 1 unspecified atom stereocenters. The highest BCUT2D eigenvalue weighted by atomic mass is 19.1. The third-order valence-corrected chi connectivity index (χ3v) is 4.58. The van der Waals surface area contributed by atoms with Gasteiger partial charge in [0.05, 0.1) is 5.69 Å². The van der Waals surface area contributed by atoms with Crippen LogP contribution in [0.15, 0.2) is 53.1 Å². The summed E-state index contributed by atoms with van der Waals surface area (Å²) in [4.78, 5) is 0. The Morgan fingerprint density at radius 1 is 1.09 bits per heavy atom. The Morgan fingerprint density at radius 2 is 1.91 bits per heavy atom. The molecule has 4 rings (SSSR count). The van der Waals surface area contributed by atoms with E-state index in [0.29, 0.717) is 11.4 Å². The van der Waals surface area contributed by atoms with E-state index < -0.39 is 0 Å². The van der Waals surface area contributed by atoms with Gasteiger partial charge in [0.1, 0.15) is 5.82 Å². The number of nitrogens with two attached hydrogens (primary N) is 1. The van der Waals surface area contributed by atoms with Crippen molar-refractivity contribution in [2.75, 3.05) is 5.73 Å². The number of fused-ring (bicyclic) bond motifs is 1. The smallest absolute Gasteiger partial charge is 0.225 e. The molecule has 1 aliphatic carbocycles. The minimum Gasteiger partial charge on any atom is -0.367 e. The molecule has 116 valence electrons. The molecule has 0 amide bonds. The predicted octanol–water partition coefficient (Wildman–Crippen LogP) is 4.53. The molecule has 0 spiro atoms. The quantitative estimate of drug-likeness (QED) is 0.756. The highest BCUT2D eigenvalue weighted by molar-refractivity contribution is 5.64. The second-order valence-electron chi connectivity index (χ2n) is 5.96. The minimum atomic E-state index is -0.203. The fourth-order valence-corrected chi connectivity index (χ4v) is 3.40. The fraction of sp³-hybridized carbons (Fsp3) is 0.211. The van der Waals surface area contributed by atoms with E-state index in [0.717, 1.165) is 41.6 Å². The molecule has 0 bridgehead atoms. The van der Waals surface area contributed by atoms with Crippen LogP contribution in [0.5, 0.6) is 0 Å². The van der Waals surface area contributed by atoms with E-state index >= 15 is 0 Å². The van der Waals surface area contributed by atoms with Crippen molar-refractivity contribution in [2.24, 2.45) is 0 Å². The number of nitrogen functional groups attached to an aromatic ring is 1. The summed E-state index contributed by atoms with van der Waals surface area (Å²) in [5.41, 5.74) is 10.1. The summed E-state index contributed by atoms with van der Waals surface area (Å²) >= 11 is 0. The number of benzene rings is 2. The van der Waals surface area contributed by atoms with Crippen LogP contribution in [0.25, 0.3) is 11.1 Å². The first kappa shape index (κ1) is 14.0. The normalized spacial score (nSPS) is 17.0. The standard InChI is InChI=1S/C19H17FN2O/c20-17-11-13(12-5-2-1-3-6-12)9-10-14(17)15-7-4-8-16-18(15)22-23-19(16)21/h1-3,5-6,9-11,15H,4,7-8,21H2. The highest BCUT2D eigenvalue weighted by Crippen LogP contribution is 2.39. The Morgan fingerprint density at radius 3 is 2.70 bits per heavy atom. The number of hydrogen-bond donors (Lipinski definition) is 1. The molecule has 0 aliphatic heterocycles. The fourth-order valence-electron chi connectivity index (χ4n) is 3.40. The molecule has 0 saturated carbocycles. The maximum Gasteiger partial charge on any atom is 0.225 e. The van der Waals surface area contributed by atoms with Gasteiger partial charge in [0.2, 0.25) is 5.88 Å². The lowest BCUT2D eigenvalue weighted by molar-refractivity contribution is 0.420. The predicted molar refractivity (Wildman–Crippen MR) is 87.5 cm³/mol. The number of aromatic nitrogens is 1. The summed E-state index contributed by atoms with van der Waals surface area (Å²) in [5.74, 6) is 0.0846. The van der Waals surface area contributed by atoms with Crippen molar-refractivity contribution in [3.8, 4) is 11.1 Å². The third-order valence-electron chi connectivity index (χ3n) is 4.58. The number of anilines is 1. The zero-order valence-electron chi connectivity index (χ0n) is 12.6. The summed E-state index contributed by atoms with van der Waals surface area (Å²) in [7, 11) is 0. The summed E-state index contributed by atoms with van der Waals surface area (Å²) in [5, 5.41) is 4.07. The Balaban J connectivity index is 1.74. The van der Waals surface area contributed by atoms with E-state index in [9.17, 15) is 4.39 Å². The molecule has 1 heterocycles. The first-order valence-corrected chi connectivity index (χ1v) is 7.83. The lowest BCUT2D eigenvalue weighted by atomic mass is 9.82. The molecule has 1 aromatic heterocycles. The lowest BCUT2D eigenvalue weighted by Crippen LogP contribution is -2.12.